The van der Waals surface area contributed by atoms with Crippen LogP contribution >= 0.6 is 11.8 Å². The minimum Gasteiger partial charge on any atom is -0.338 e. The van der Waals surface area contributed by atoms with Gasteiger partial charge in [0, 0.05) is 30.6 Å². The van der Waals surface area contributed by atoms with Crippen molar-refractivity contribution >= 4 is 11.8 Å². The van der Waals surface area contributed by atoms with Crippen molar-refractivity contribution in [3.05, 3.63) is 60.2 Å². The molecule has 0 bridgehead atoms. The molecule has 0 unspecified atom stereocenters. The second-order valence-electron chi connectivity index (χ2n) is 6.40. The summed E-state index contributed by atoms with van der Waals surface area (Å²) in [6.45, 7) is 1.84. The van der Waals surface area contributed by atoms with Crippen LogP contribution in [0.3, 0.4) is 0 Å². The summed E-state index contributed by atoms with van der Waals surface area (Å²) in [6.07, 6.45) is -1.07. The first-order valence-electron chi connectivity index (χ1n) is 8.80. The Hall–Kier alpha value is -3.21. The van der Waals surface area contributed by atoms with Crippen LogP contribution in [-0.2, 0) is 13.2 Å². The Balaban J connectivity index is 1.53. The van der Waals surface area contributed by atoms with Crippen molar-refractivity contribution in [2.24, 2.45) is 7.05 Å². The second-order valence-corrected chi connectivity index (χ2v) is 7.71. The molecule has 3 aromatic heterocycles. The van der Waals surface area contributed by atoms with Gasteiger partial charge in [-0.25, -0.2) is 0 Å². The number of hydrogen-bond acceptors (Lipinski definition) is 7. The summed E-state index contributed by atoms with van der Waals surface area (Å²) in [5, 5.41) is 12.6. The Kier molecular flexibility index (Phi) is 5.29. The molecule has 0 N–H and O–H groups in total. The molecule has 0 aliphatic rings. The monoisotopic (exact) mass is 432 g/mol. The third-order valence-corrected chi connectivity index (χ3v) is 5.40. The summed E-state index contributed by atoms with van der Waals surface area (Å²) < 4.78 is 45.9. The Morgan fingerprint density at radius 3 is 2.63 bits per heavy atom. The van der Waals surface area contributed by atoms with Gasteiger partial charge in [0.15, 0.2) is 11.0 Å². The van der Waals surface area contributed by atoms with Gasteiger partial charge in [-0.3, -0.25) is 4.98 Å². The molecule has 0 spiro atoms. The van der Waals surface area contributed by atoms with Gasteiger partial charge in [-0.05, 0) is 31.2 Å². The van der Waals surface area contributed by atoms with Crippen molar-refractivity contribution in [3.8, 4) is 22.8 Å². The second kappa shape index (κ2) is 7.90. The van der Waals surface area contributed by atoms with Crippen molar-refractivity contribution in [2.75, 3.05) is 0 Å². The zero-order chi connectivity index (χ0) is 21.3. The molecule has 0 saturated carbocycles. The Morgan fingerprint density at radius 2 is 1.90 bits per heavy atom. The van der Waals surface area contributed by atoms with Gasteiger partial charge in [-0.1, -0.05) is 29.1 Å². The van der Waals surface area contributed by atoms with E-state index in [0.717, 1.165) is 17.7 Å². The molecule has 1 atom stereocenters. The van der Waals surface area contributed by atoms with Gasteiger partial charge >= 0.3 is 6.18 Å². The number of thioether (sulfide) groups is 1. The number of nitrogens with zero attached hydrogens (tertiary/aromatic N) is 6. The first-order chi connectivity index (χ1) is 14.3. The molecule has 0 fully saturated rings. The normalized spacial score (nSPS) is 12.8. The van der Waals surface area contributed by atoms with E-state index in [-0.39, 0.29) is 22.5 Å². The molecule has 3 heterocycles. The van der Waals surface area contributed by atoms with Crippen molar-refractivity contribution in [1.29, 1.82) is 0 Å². The maximum absolute atomic E-state index is 12.9. The van der Waals surface area contributed by atoms with Gasteiger partial charge in [-0.2, -0.15) is 18.2 Å². The molecule has 4 rings (SSSR count). The Bertz CT molecular complexity index is 1160. The lowest BCUT2D eigenvalue weighted by Gasteiger charge is -2.07. The summed E-state index contributed by atoms with van der Waals surface area (Å²) in [5.74, 6) is 1.03. The average molecular weight is 432 g/mol. The van der Waals surface area contributed by atoms with Gasteiger partial charge in [0.05, 0.1) is 10.8 Å². The maximum atomic E-state index is 12.9. The largest absolute Gasteiger partial charge is 0.416 e. The molecule has 7 nitrogen and oxygen atoms in total. The average Bonchev–Trinajstić information content (AvgIpc) is 3.36. The van der Waals surface area contributed by atoms with Crippen LogP contribution in [0.25, 0.3) is 22.8 Å². The Morgan fingerprint density at radius 1 is 1.10 bits per heavy atom. The van der Waals surface area contributed by atoms with Crippen LogP contribution in [0, 0.1) is 0 Å². The van der Waals surface area contributed by atoms with Gasteiger partial charge in [-0.15, -0.1) is 10.2 Å². The van der Waals surface area contributed by atoms with Gasteiger partial charge in [0.1, 0.15) is 0 Å². The van der Waals surface area contributed by atoms with E-state index in [9.17, 15) is 13.2 Å². The fraction of sp³-hybridized carbons (Fsp3) is 0.211. The lowest BCUT2D eigenvalue weighted by atomic mass is 10.1. The number of hydrogen-bond donors (Lipinski definition) is 0. The van der Waals surface area contributed by atoms with E-state index >= 15 is 0 Å². The number of pyridine rings is 1. The molecule has 0 radical (unpaired) electrons. The van der Waals surface area contributed by atoms with Crippen molar-refractivity contribution in [3.63, 3.8) is 0 Å². The predicted octanol–water partition coefficient (Wildman–Crippen LogP) is 4.80. The lowest BCUT2D eigenvalue weighted by Crippen LogP contribution is -2.04. The highest BCUT2D eigenvalue weighted by Crippen LogP contribution is 2.35. The van der Waals surface area contributed by atoms with Crippen LogP contribution in [0.1, 0.15) is 23.6 Å². The number of rotatable bonds is 5. The van der Waals surface area contributed by atoms with E-state index in [1.807, 2.05) is 30.7 Å². The van der Waals surface area contributed by atoms with Crippen molar-refractivity contribution < 1.29 is 17.7 Å². The van der Waals surface area contributed by atoms with Crippen LogP contribution in [0.5, 0.6) is 0 Å². The molecular weight excluding hydrogens is 417 g/mol. The highest BCUT2D eigenvalue weighted by atomic mass is 32.2. The van der Waals surface area contributed by atoms with E-state index in [0.29, 0.717) is 11.0 Å². The van der Waals surface area contributed by atoms with Gasteiger partial charge in [0.2, 0.25) is 11.7 Å². The molecule has 0 amide bonds. The molecule has 1 aromatic carbocycles. The molecule has 11 heteroatoms. The van der Waals surface area contributed by atoms with Gasteiger partial charge in [0.25, 0.3) is 0 Å². The molecular formula is C19H15F3N6OS. The fourth-order valence-electron chi connectivity index (χ4n) is 2.72. The molecule has 30 heavy (non-hydrogen) atoms. The highest BCUT2D eigenvalue weighted by Gasteiger charge is 2.31. The molecule has 154 valence electrons. The number of benzene rings is 1. The number of halogens is 3. The summed E-state index contributed by atoms with van der Waals surface area (Å²) in [6, 6.07) is 8.50. The third kappa shape index (κ3) is 4.06. The first-order valence-corrected chi connectivity index (χ1v) is 9.68. The van der Waals surface area contributed by atoms with E-state index in [2.05, 4.69) is 25.3 Å². The zero-order valence-corrected chi connectivity index (χ0v) is 16.6. The van der Waals surface area contributed by atoms with Crippen LogP contribution in [0.15, 0.2) is 58.5 Å². The SMILES string of the molecule is C[C@H](Sc1nnc(-c2cccnc2)n1C)c1nc(-c2cccc(C(F)(F)F)c2)no1. The molecule has 0 aliphatic heterocycles. The van der Waals surface area contributed by atoms with Gasteiger partial charge < -0.3 is 9.09 Å². The van der Waals surface area contributed by atoms with E-state index in [1.54, 1.807) is 12.4 Å². The van der Waals surface area contributed by atoms with Crippen LogP contribution in [-0.4, -0.2) is 29.9 Å². The van der Waals surface area contributed by atoms with Crippen LogP contribution in [0.2, 0.25) is 0 Å². The smallest absolute Gasteiger partial charge is 0.338 e. The predicted molar refractivity (Wildman–Crippen MR) is 103 cm³/mol. The molecule has 4 aromatic rings. The zero-order valence-electron chi connectivity index (χ0n) is 15.8. The van der Waals surface area contributed by atoms with Crippen molar-refractivity contribution in [2.45, 2.75) is 23.5 Å². The highest BCUT2D eigenvalue weighted by molar-refractivity contribution is 7.99. The third-order valence-electron chi connectivity index (χ3n) is 4.27. The summed E-state index contributed by atoms with van der Waals surface area (Å²) in [4.78, 5) is 8.34. The maximum Gasteiger partial charge on any atom is 0.416 e. The summed E-state index contributed by atoms with van der Waals surface area (Å²) in [7, 11) is 1.83. The quantitative estimate of drug-likeness (QED) is 0.419. The Labute approximate surface area is 173 Å². The van der Waals surface area contributed by atoms with E-state index in [1.165, 1.54) is 23.9 Å². The topological polar surface area (TPSA) is 82.5 Å². The minimum atomic E-state index is -4.44. The molecule has 0 aliphatic carbocycles. The van der Waals surface area contributed by atoms with E-state index in [4.69, 9.17) is 4.52 Å². The van der Waals surface area contributed by atoms with Crippen LogP contribution in [0.4, 0.5) is 13.2 Å². The van der Waals surface area contributed by atoms with Crippen LogP contribution < -0.4 is 0 Å². The molecule has 0 saturated heterocycles. The lowest BCUT2D eigenvalue weighted by molar-refractivity contribution is -0.137. The fourth-order valence-corrected chi connectivity index (χ4v) is 3.57. The number of aromatic nitrogens is 6. The standard InChI is InChI=1S/C19H15F3N6OS/c1-11(30-18-26-25-16(28(18)2)13-6-4-8-23-10-13)17-24-15(27-29-17)12-5-3-7-14(9-12)19(20,21)22/h3-11H,1-2H3/t11-/m0/s1. The van der Waals surface area contributed by atoms with Crippen molar-refractivity contribution in [1.82, 2.24) is 29.9 Å². The minimum absolute atomic E-state index is 0.0950. The number of alkyl halides is 3. The first kappa shape index (κ1) is 20.1. The summed E-state index contributed by atoms with van der Waals surface area (Å²) in [5.41, 5.74) is 0.293. The summed E-state index contributed by atoms with van der Waals surface area (Å²) >= 11 is 1.35. The van der Waals surface area contributed by atoms with E-state index < -0.39 is 11.7 Å².